The number of amides is 3. The number of aliphatic carboxylic acids is 3. The first-order valence-electron chi connectivity index (χ1n) is 11.0. The molecule has 5 atom stereocenters. The lowest BCUT2D eigenvalue weighted by molar-refractivity contribution is -0.144. The van der Waals surface area contributed by atoms with Crippen LogP contribution in [-0.2, 0) is 28.8 Å². The number of nitrogens with two attached hydrogens (primary N) is 1. The van der Waals surface area contributed by atoms with E-state index in [0.717, 1.165) is 0 Å². The third kappa shape index (κ3) is 11.1. The summed E-state index contributed by atoms with van der Waals surface area (Å²) in [4.78, 5) is 71.1. The minimum absolute atomic E-state index is 0.197. The molecule has 0 saturated carbocycles. The number of carboxylic acids is 3. The molecule has 0 aromatic carbocycles. The summed E-state index contributed by atoms with van der Waals surface area (Å²) in [6.07, 6.45) is -0.873. The van der Waals surface area contributed by atoms with Crippen molar-refractivity contribution in [2.75, 3.05) is 0 Å². The molecule has 0 aliphatic heterocycles. The molecule has 0 radical (unpaired) electrons. The Morgan fingerprint density at radius 2 is 1.24 bits per heavy atom. The lowest BCUT2D eigenvalue weighted by Gasteiger charge is -2.28. The summed E-state index contributed by atoms with van der Waals surface area (Å²) in [5, 5.41) is 34.3. The van der Waals surface area contributed by atoms with Crippen LogP contribution in [0.3, 0.4) is 0 Å². The molecule has 0 saturated heterocycles. The number of hydrogen-bond acceptors (Lipinski definition) is 7. The third-order valence-electron chi connectivity index (χ3n) is 5.31. The Morgan fingerprint density at radius 3 is 1.68 bits per heavy atom. The smallest absolute Gasteiger partial charge is 0.326 e. The maximum Gasteiger partial charge on any atom is 0.326 e. The number of carbonyl (C=O) groups excluding carboxylic acids is 3. The zero-order chi connectivity index (χ0) is 26.6. The molecule has 0 heterocycles. The number of rotatable bonds is 16. The van der Waals surface area contributed by atoms with Gasteiger partial charge in [-0.05, 0) is 24.7 Å². The van der Waals surface area contributed by atoms with E-state index >= 15 is 0 Å². The van der Waals surface area contributed by atoms with Gasteiger partial charge in [0, 0.05) is 12.8 Å². The molecule has 194 valence electrons. The van der Waals surface area contributed by atoms with Crippen molar-refractivity contribution in [1.82, 2.24) is 16.0 Å². The molecule has 0 fully saturated rings. The van der Waals surface area contributed by atoms with Gasteiger partial charge in [-0.1, -0.05) is 34.1 Å². The maximum atomic E-state index is 12.9. The number of carboxylic acid groups (broad SMARTS) is 3. The van der Waals surface area contributed by atoms with E-state index in [4.69, 9.17) is 15.9 Å². The average molecular weight is 489 g/mol. The first-order valence-corrected chi connectivity index (χ1v) is 11.0. The summed E-state index contributed by atoms with van der Waals surface area (Å²) in [5.41, 5.74) is 5.65. The zero-order valence-electron chi connectivity index (χ0n) is 19.9. The molecule has 0 aliphatic rings. The standard InChI is InChI=1S/C21H36N4O9/c1-5-11(4)17(21(33)34)25-20(32)16(10(2)3)24-19(31)13(7-9-15(28)29)23-18(30)12(22)6-8-14(26)27/h10-13,16-17H,5-9,22H2,1-4H3,(H,23,30)(H,24,31)(H,25,32)(H,26,27)(H,28,29)(H,33,34). The minimum Gasteiger partial charge on any atom is -0.481 e. The van der Waals surface area contributed by atoms with E-state index in [2.05, 4.69) is 16.0 Å². The number of carbonyl (C=O) groups is 6. The van der Waals surface area contributed by atoms with Gasteiger partial charge in [0.25, 0.3) is 0 Å². The Hall–Kier alpha value is -3.22. The molecule has 5 unspecified atom stereocenters. The predicted molar refractivity (Wildman–Crippen MR) is 119 cm³/mol. The molecular weight excluding hydrogens is 452 g/mol. The van der Waals surface area contributed by atoms with E-state index in [0.29, 0.717) is 6.42 Å². The van der Waals surface area contributed by atoms with Gasteiger partial charge >= 0.3 is 17.9 Å². The van der Waals surface area contributed by atoms with Gasteiger partial charge in [-0.3, -0.25) is 24.0 Å². The Morgan fingerprint density at radius 1 is 0.735 bits per heavy atom. The summed E-state index contributed by atoms with van der Waals surface area (Å²) < 4.78 is 0. The zero-order valence-corrected chi connectivity index (χ0v) is 19.9. The topological polar surface area (TPSA) is 225 Å². The first kappa shape index (κ1) is 30.8. The van der Waals surface area contributed by atoms with E-state index in [1.807, 2.05) is 0 Å². The highest BCUT2D eigenvalue weighted by Gasteiger charge is 2.33. The normalized spacial score (nSPS) is 15.4. The highest BCUT2D eigenvalue weighted by Crippen LogP contribution is 2.11. The van der Waals surface area contributed by atoms with Gasteiger partial charge in [-0.25, -0.2) is 4.79 Å². The number of hydrogen-bond donors (Lipinski definition) is 7. The molecule has 13 nitrogen and oxygen atoms in total. The van der Waals surface area contributed by atoms with Crippen LogP contribution >= 0.6 is 0 Å². The van der Waals surface area contributed by atoms with Crippen molar-refractivity contribution in [2.45, 2.75) is 84.0 Å². The molecule has 0 aromatic rings. The van der Waals surface area contributed by atoms with Crippen LogP contribution < -0.4 is 21.7 Å². The van der Waals surface area contributed by atoms with Crippen molar-refractivity contribution in [3.63, 3.8) is 0 Å². The second kappa shape index (κ2) is 14.8. The van der Waals surface area contributed by atoms with Crippen LogP contribution in [0, 0.1) is 11.8 Å². The maximum absolute atomic E-state index is 12.9. The third-order valence-corrected chi connectivity index (χ3v) is 5.31. The summed E-state index contributed by atoms with van der Waals surface area (Å²) in [6, 6.07) is -4.95. The Labute approximate surface area is 197 Å². The SMILES string of the molecule is CCC(C)C(NC(=O)C(NC(=O)C(CCC(=O)O)NC(=O)C(N)CCC(=O)O)C(C)C)C(=O)O. The molecule has 13 heteroatoms. The van der Waals surface area contributed by atoms with Gasteiger partial charge in [0.1, 0.15) is 18.1 Å². The van der Waals surface area contributed by atoms with Gasteiger partial charge in [0.2, 0.25) is 17.7 Å². The van der Waals surface area contributed by atoms with Crippen molar-refractivity contribution in [1.29, 1.82) is 0 Å². The van der Waals surface area contributed by atoms with Crippen LogP contribution in [0.5, 0.6) is 0 Å². The van der Waals surface area contributed by atoms with Crippen LogP contribution in [0.4, 0.5) is 0 Å². The minimum atomic E-state index is -1.36. The molecular formula is C21H36N4O9. The lowest BCUT2D eigenvalue weighted by Crippen LogP contribution is -2.59. The fraction of sp³-hybridized carbons (Fsp3) is 0.714. The van der Waals surface area contributed by atoms with Crippen LogP contribution in [0.25, 0.3) is 0 Å². The molecule has 0 aliphatic carbocycles. The first-order chi connectivity index (χ1) is 15.7. The fourth-order valence-electron chi connectivity index (χ4n) is 2.94. The molecule has 0 rings (SSSR count). The second-order valence-corrected chi connectivity index (χ2v) is 8.47. The van der Waals surface area contributed by atoms with Gasteiger partial charge in [-0.15, -0.1) is 0 Å². The van der Waals surface area contributed by atoms with E-state index < -0.39 is 72.1 Å². The van der Waals surface area contributed by atoms with Crippen LogP contribution in [0.2, 0.25) is 0 Å². The van der Waals surface area contributed by atoms with E-state index in [1.165, 1.54) is 0 Å². The van der Waals surface area contributed by atoms with Gasteiger partial charge in [0.05, 0.1) is 6.04 Å². The lowest BCUT2D eigenvalue weighted by atomic mass is 9.97. The Bertz CT molecular complexity index is 757. The van der Waals surface area contributed by atoms with Crippen molar-refractivity contribution in [3.8, 4) is 0 Å². The van der Waals surface area contributed by atoms with Crippen LogP contribution in [0.1, 0.15) is 59.8 Å². The molecule has 34 heavy (non-hydrogen) atoms. The molecule has 0 aromatic heterocycles. The molecule has 0 bridgehead atoms. The van der Waals surface area contributed by atoms with Crippen molar-refractivity contribution in [2.24, 2.45) is 17.6 Å². The number of nitrogens with one attached hydrogen (secondary N) is 3. The fourth-order valence-corrected chi connectivity index (χ4v) is 2.94. The van der Waals surface area contributed by atoms with Gasteiger partial charge < -0.3 is 37.0 Å². The van der Waals surface area contributed by atoms with Gasteiger partial charge in [0.15, 0.2) is 0 Å². The quantitative estimate of drug-likeness (QED) is 0.144. The molecule has 8 N–H and O–H groups in total. The Balaban J connectivity index is 5.51. The average Bonchev–Trinajstić information content (AvgIpc) is 2.74. The van der Waals surface area contributed by atoms with Crippen LogP contribution in [-0.4, -0.2) is 75.1 Å². The highest BCUT2D eigenvalue weighted by molar-refractivity contribution is 5.94. The van der Waals surface area contributed by atoms with E-state index in [1.54, 1.807) is 27.7 Å². The summed E-state index contributed by atoms with van der Waals surface area (Å²) in [5.74, 6) is -6.89. The molecule has 0 spiro atoms. The van der Waals surface area contributed by atoms with Gasteiger partial charge in [-0.2, -0.15) is 0 Å². The summed E-state index contributed by atoms with van der Waals surface area (Å²) in [7, 11) is 0. The van der Waals surface area contributed by atoms with Crippen molar-refractivity contribution >= 4 is 35.6 Å². The van der Waals surface area contributed by atoms with Crippen molar-refractivity contribution < 1.29 is 44.1 Å². The predicted octanol–water partition coefficient (Wildman–Crippen LogP) is -0.716. The van der Waals surface area contributed by atoms with Crippen LogP contribution in [0.15, 0.2) is 0 Å². The largest absolute Gasteiger partial charge is 0.481 e. The monoisotopic (exact) mass is 488 g/mol. The molecule has 3 amide bonds. The van der Waals surface area contributed by atoms with E-state index in [-0.39, 0.29) is 25.2 Å². The van der Waals surface area contributed by atoms with E-state index in [9.17, 15) is 33.9 Å². The Kier molecular flexibility index (Phi) is 13.4. The summed E-state index contributed by atoms with van der Waals surface area (Å²) >= 11 is 0. The highest BCUT2D eigenvalue weighted by atomic mass is 16.4. The summed E-state index contributed by atoms with van der Waals surface area (Å²) in [6.45, 7) is 6.67. The van der Waals surface area contributed by atoms with Crippen molar-refractivity contribution in [3.05, 3.63) is 0 Å². The second-order valence-electron chi connectivity index (χ2n) is 8.47.